The number of ether oxygens (including phenoxy) is 1. The minimum absolute atomic E-state index is 0.142. The first-order chi connectivity index (χ1) is 19.7. The van der Waals surface area contributed by atoms with Crippen LogP contribution in [0, 0.1) is 0 Å². The molecule has 14 heteroatoms. The summed E-state index contributed by atoms with van der Waals surface area (Å²) in [6.07, 6.45) is 7.52. The Morgan fingerprint density at radius 3 is 1.72 bits per heavy atom. The van der Waals surface area contributed by atoms with Crippen molar-refractivity contribution in [3.05, 3.63) is 24.3 Å². The van der Waals surface area contributed by atoms with E-state index >= 15 is 0 Å². The number of hydrogen-bond acceptors (Lipinski definition) is 9. The monoisotopic (exact) mass is 694 g/mol. The molecule has 0 aromatic rings. The predicted molar refractivity (Wildman–Crippen MR) is 182 cm³/mol. The average Bonchev–Trinajstić information content (AvgIpc) is 2.83. The Kier molecular flexibility index (Phi) is 20.2. The minimum atomic E-state index is -2.84. The fourth-order valence-corrected chi connectivity index (χ4v) is 25.3. The summed E-state index contributed by atoms with van der Waals surface area (Å²) in [6, 6.07) is 2.70. The van der Waals surface area contributed by atoms with E-state index in [9.17, 15) is 19.0 Å². The first kappa shape index (κ1) is 42.4. The largest absolute Gasteiger partial charge is 0.566 e. The van der Waals surface area contributed by atoms with Crippen molar-refractivity contribution < 1.29 is 40.7 Å². The molecule has 0 bridgehead atoms. The summed E-state index contributed by atoms with van der Waals surface area (Å²) in [5.74, 6) is -0.206. The molecule has 0 heterocycles. The molecule has 0 aliphatic carbocycles. The zero-order chi connectivity index (χ0) is 33.3. The van der Waals surface area contributed by atoms with Crippen molar-refractivity contribution >= 4 is 53.8 Å². The van der Waals surface area contributed by atoms with Gasteiger partial charge in [-0.15, -0.1) is 4.52 Å². The number of esters is 1. The average molecular weight is 695 g/mol. The quantitative estimate of drug-likeness (QED) is 0.0291. The highest BCUT2D eigenvalue weighted by atomic mass is 31.1. The van der Waals surface area contributed by atoms with Crippen LogP contribution in [0.2, 0.25) is 64.0 Å². The fourth-order valence-electron chi connectivity index (χ4n) is 5.05. The van der Waals surface area contributed by atoms with Crippen LogP contribution in [-0.2, 0) is 35.8 Å². The molecule has 0 amide bonds. The Morgan fingerprint density at radius 2 is 1.19 bits per heavy atom. The minimum Gasteiger partial charge on any atom is -0.566 e. The number of carbonyl (C=O) groups excluding carboxylic acids is 2. The molecule has 43 heavy (non-hydrogen) atoms. The van der Waals surface area contributed by atoms with Gasteiger partial charge in [-0.05, 0) is 114 Å². The Bertz CT molecular complexity index is 928. The van der Waals surface area contributed by atoms with E-state index < -0.39 is 42.0 Å². The van der Waals surface area contributed by atoms with E-state index in [1.807, 2.05) is 0 Å². The molecule has 0 spiro atoms. The van der Waals surface area contributed by atoms with Gasteiger partial charge in [0.25, 0.3) is 0 Å². The van der Waals surface area contributed by atoms with Crippen molar-refractivity contribution in [3.8, 4) is 0 Å². The summed E-state index contributed by atoms with van der Waals surface area (Å²) < 4.78 is 41.4. The fraction of sp³-hybridized carbons (Fsp3) is 0.793. The van der Waals surface area contributed by atoms with Crippen LogP contribution in [-0.4, -0.2) is 58.7 Å². The number of carbonyl (C=O) groups is 2. The number of Topliss-reactive ketones (excluding diaryl/α,β-unsaturated/α-hetero) is 1. The van der Waals surface area contributed by atoms with Gasteiger partial charge in [-0.3, -0.25) is 4.79 Å². The SMILES string of the molecule is C=C(C)C(=O)CCCCC[Si](C)(C)O[Si](C)(C)O[Si](C)(CCCCO[P+](=O)[O-])O[Si](C)(C)CCCCCOC(=O)C(=C)C. The lowest BCUT2D eigenvalue weighted by molar-refractivity contribution is -0.185. The standard InChI is InChI=1S/C29H59O9PSi4/c1-26(2)28(30)20-14-12-17-23-40(5,6)36-42(9,10)38-43(11,25-19-16-22-35-39(32)33)37-41(7,8)24-18-13-15-21-34-29(31)27(3)4/h1,3,12-25H2,2,4-11H3. The normalized spacial score (nSPS) is 14.2. The van der Waals surface area contributed by atoms with Crippen molar-refractivity contribution in [2.24, 2.45) is 0 Å². The molecule has 9 nitrogen and oxygen atoms in total. The van der Waals surface area contributed by atoms with Crippen LogP contribution in [0.25, 0.3) is 0 Å². The maximum Gasteiger partial charge on any atom is 0.488 e. The number of ketones is 1. The first-order valence-electron chi connectivity index (χ1n) is 15.6. The van der Waals surface area contributed by atoms with Crippen LogP contribution in [0.4, 0.5) is 0 Å². The smallest absolute Gasteiger partial charge is 0.488 e. The van der Waals surface area contributed by atoms with Crippen molar-refractivity contribution in [2.75, 3.05) is 13.2 Å². The summed E-state index contributed by atoms with van der Waals surface area (Å²) in [7, 11) is -12.2. The third kappa shape index (κ3) is 22.5. The summed E-state index contributed by atoms with van der Waals surface area (Å²) in [4.78, 5) is 34.2. The molecule has 250 valence electrons. The summed E-state index contributed by atoms with van der Waals surface area (Å²) in [5, 5.41) is 0. The molecule has 0 radical (unpaired) electrons. The van der Waals surface area contributed by atoms with Gasteiger partial charge in [0.05, 0.1) is 6.61 Å². The second kappa shape index (κ2) is 20.5. The summed E-state index contributed by atoms with van der Waals surface area (Å²) in [6.45, 7) is 26.5. The lowest BCUT2D eigenvalue weighted by Gasteiger charge is -2.43. The number of rotatable bonds is 26. The van der Waals surface area contributed by atoms with Gasteiger partial charge >= 0.3 is 31.3 Å². The van der Waals surface area contributed by atoms with Gasteiger partial charge in [-0.2, -0.15) is 0 Å². The summed E-state index contributed by atoms with van der Waals surface area (Å²) in [5.41, 5.74) is 1.03. The second-order valence-electron chi connectivity index (χ2n) is 13.4. The van der Waals surface area contributed by atoms with E-state index in [2.05, 4.69) is 59.0 Å². The zero-order valence-electron chi connectivity index (χ0n) is 28.4. The highest BCUT2D eigenvalue weighted by Gasteiger charge is 2.45. The third-order valence-electron chi connectivity index (χ3n) is 6.86. The van der Waals surface area contributed by atoms with Gasteiger partial charge in [0.2, 0.25) is 0 Å². The van der Waals surface area contributed by atoms with E-state index in [1.54, 1.807) is 13.8 Å². The molecule has 0 aromatic heterocycles. The van der Waals surface area contributed by atoms with E-state index in [1.165, 1.54) is 0 Å². The molecule has 0 N–H and O–H groups in total. The van der Waals surface area contributed by atoms with E-state index in [-0.39, 0.29) is 18.4 Å². The maximum absolute atomic E-state index is 11.8. The molecule has 0 aromatic carbocycles. The predicted octanol–water partition coefficient (Wildman–Crippen LogP) is 8.03. The van der Waals surface area contributed by atoms with Gasteiger partial charge in [-0.25, -0.2) is 4.79 Å². The highest BCUT2D eigenvalue weighted by Crippen LogP contribution is 2.31. The van der Waals surface area contributed by atoms with Crippen LogP contribution in [0.5, 0.6) is 0 Å². The Labute approximate surface area is 266 Å². The third-order valence-corrected chi connectivity index (χ3v) is 23.4. The van der Waals surface area contributed by atoms with Crippen molar-refractivity contribution in [3.63, 3.8) is 0 Å². The Balaban J connectivity index is 5.17. The topological polar surface area (TPSA) is 120 Å². The molecule has 0 fully saturated rings. The van der Waals surface area contributed by atoms with E-state index in [4.69, 9.17) is 21.6 Å². The molecule has 0 rings (SSSR count). The van der Waals surface area contributed by atoms with E-state index in [0.717, 1.165) is 63.1 Å². The first-order valence-corrected chi connectivity index (χ1v) is 28.2. The van der Waals surface area contributed by atoms with Crippen LogP contribution in [0.1, 0.15) is 71.6 Å². The van der Waals surface area contributed by atoms with Crippen LogP contribution < -0.4 is 4.89 Å². The lowest BCUT2D eigenvalue weighted by atomic mass is 10.1. The van der Waals surface area contributed by atoms with Gasteiger partial charge in [0, 0.05) is 12.0 Å². The number of hydrogen-bond donors (Lipinski definition) is 0. The molecule has 0 saturated carbocycles. The van der Waals surface area contributed by atoms with Crippen molar-refractivity contribution in [2.45, 2.75) is 136 Å². The highest BCUT2D eigenvalue weighted by molar-refractivity contribution is 7.30. The molecular formula is C29H59O9PSi4. The van der Waals surface area contributed by atoms with Crippen molar-refractivity contribution in [1.82, 2.24) is 0 Å². The van der Waals surface area contributed by atoms with Gasteiger partial charge in [0.1, 0.15) is 6.61 Å². The Hall–Kier alpha value is -0.612. The van der Waals surface area contributed by atoms with Gasteiger partial charge in [0.15, 0.2) is 22.4 Å². The van der Waals surface area contributed by atoms with Gasteiger partial charge < -0.3 is 22.0 Å². The lowest BCUT2D eigenvalue weighted by Crippen LogP contribution is -2.57. The number of allylic oxidation sites excluding steroid dienone is 1. The molecule has 0 aliphatic rings. The number of unbranched alkanes of at least 4 members (excludes halogenated alkanes) is 5. The zero-order valence-corrected chi connectivity index (χ0v) is 33.3. The molecule has 2 atom stereocenters. The van der Waals surface area contributed by atoms with Crippen LogP contribution >= 0.6 is 8.25 Å². The van der Waals surface area contributed by atoms with Crippen LogP contribution in [0.3, 0.4) is 0 Å². The van der Waals surface area contributed by atoms with Gasteiger partial charge in [-0.1, -0.05) is 38.8 Å². The van der Waals surface area contributed by atoms with Crippen molar-refractivity contribution in [1.29, 1.82) is 0 Å². The summed E-state index contributed by atoms with van der Waals surface area (Å²) >= 11 is 0. The molecule has 2 unspecified atom stereocenters. The van der Waals surface area contributed by atoms with Crippen LogP contribution in [0.15, 0.2) is 24.3 Å². The molecular weight excluding hydrogens is 636 g/mol. The molecule has 0 saturated heterocycles. The second-order valence-corrected chi connectivity index (χ2v) is 30.1. The molecule has 0 aliphatic heterocycles. The Morgan fingerprint density at radius 1 is 0.674 bits per heavy atom. The van der Waals surface area contributed by atoms with E-state index in [0.29, 0.717) is 30.6 Å². The maximum atomic E-state index is 11.8.